The maximum Gasteiger partial charge on any atom is 0.336 e. The molecule has 30 heavy (non-hydrogen) atoms. The molecule has 4 aromatic carbocycles. The molecule has 0 aliphatic rings. The Morgan fingerprint density at radius 3 is 1.90 bits per heavy atom. The number of carboxylic acids is 1. The average molecular weight is 394 g/mol. The van der Waals surface area contributed by atoms with Crippen LogP contribution in [0.1, 0.15) is 21.5 Å². The molecule has 0 fully saturated rings. The van der Waals surface area contributed by atoms with Crippen LogP contribution in [0, 0.1) is 5.82 Å². The fourth-order valence-electron chi connectivity index (χ4n) is 3.32. The second-order valence-corrected chi connectivity index (χ2v) is 6.94. The van der Waals surface area contributed by atoms with Gasteiger partial charge in [-0.05, 0) is 57.6 Å². The van der Waals surface area contributed by atoms with E-state index in [1.54, 1.807) is 30.3 Å². The van der Waals surface area contributed by atoms with Crippen LogP contribution in [0.2, 0.25) is 0 Å². The molecule has 3 heteroatoms. The van der Waals surface area contributed by atoms with Crippen molar-refractivity contribution < 1.29 is 14.3 Å². The molecule has 0 saturated heterocycles. The van der Waals surface area contributed by atoms with Gasteiger partial charge in [0.2, 0.25) is 0 Å². The summed E-state index contributed by atoms with van der Waals surface area (Å²) in [7, 11) is 0. The largest absolute Gasteiger partial charge is 0.478 e. The molecule has 0 saturated carbocycles. The minimum absolute atomic E-state index is 0.220. The van der Waals surface area contributed by atoms with Crippen LogP contribution in [-0.4, -0.2) is 11.1 Å². The number of carboxylic acid groups (broad SMARTS) is 1. The average Bonchev–Trinajstić information content (AvgIpc) is 2.79. The standard InChI is InChI=1S/C27H19FO2/c28-25-15-12-22(13-16-25)23-14-17-26(27(29)30)24(18-23)11-8-19-6-9-21(10-7-19)20-4-2-1-3-5-20/h1-18H,(H,29,30). The van der Waals surface area contributed by atoms with Gasteiger partial charge in [-0.25, -0.2) is 9.18 Å². The molecule has 0 unspecified atom stereocenters. The van der Waals surface area contributed by atoms with E-state index in [0.29, 0.717) is 5.56 Å². The van der Waals surface area contributed by atoms with Gasteiger partial charge in [-0.3, -0.25) is 0 Å². The van der Waals surface area contributed by atoms with Crippen LogP contribution < -0.4 is 0 Å². The Kier molecular flexibility index (Phi) is 5.53. The summed E-state index contributed by atoms with van der Waals surface area (Å²) in [5.74, 6) is -1.29. The summed E-state index contributed by atoms with van der Waals surface area (Å²) in [5.41, 5.74) is 5.72. The smallest absolute Gasteiger partial charge is 0.336 e. The summed E-state index contributed by atoms with van der Waals surface area (Å²) in [6.45, 7) is 0. The Balaban J connectivity index is 1.64. The van der Waals surface area contributed by atoms with Crippen molar-refractivity contribution in [1.82, 2.24) is 0 Å². The highest BCUT2D eigenvalue weighted by Gasteiger charge is 2.10. The molecule has 0 heterocycles. The summed E-state index contributed by atoms with van der Waals surface area (Å²) in [6.07, 6.45) is 3.69. The molecule has 2 nitrogen and oxygen atoms in total. The quantitative estimate of drug-likeness (QED) is 0.369. The van der Waals surface area contributed by atoms with Crippen LogP contribution in [-0.2, 0) is 0 Å². The number of hydrogen-bond donors (Lipinski definition) is 1. The molecular weight excluding hydrogens is 375 g/mol. The lowest BCUT2D eigenvalue weighted by Gasteiger charge is -2.07. The first-order chi connectivity index (χ1) is 14.6. The van der Waals surface area contributed by atoms with Crippen molar-refractivity contribution in [3.8, 4) is 22.3 Å². The zero-order chi connectivity index (χ0) is 20.9. The van der Waals surface area contributed by atoms with E-state index >= 15 is 0 Å². The Morgan fingerprint density at radius 2 is 1.23 bits per heavy atom. The molecule has 0 aliphatic carbocycles. The van der Waals surface area contributed by atoms with Gasteiger partial charge in [0.05, 0.1) is 5.56 Å². The van der Waals surface area contributed by atoms with Gasteiger partial charge < -0.3 is 5.11 Å². The van der Waals surface area contributed by atoms with Gasteiger partial charge in [-0.1, -0.05) is 84.9 Å². The third-order valence-corrected chi connectivity index (χ3v) is 4.93. The van der Waals surface area contributed by atoms with E-state index in [4.69, 9.17) is 0 Å². The number of benzene rings is 4. The second-order valence-electron chi connectivity index (χ2n) is 6.94. The maximum atomic E-state index is 13.2. The first kappa shape index (κ1) is 19.3. The Hall–Kier alpha value is -3.98. The van der Waals surface area contributed by atoms with Gasteiger partial charge in [0, 0.05) is 0 Å². The van der Waals surface area contributed by atoms with E-state index in [9.17, 15) is 14.3 Å². The van der Waals surface area contributed by atoms with Crippen molar-refractivity contribution in [2.24, 2.45) is 0 Å². The third kappa shape index (κ3) is 4.36. The number of carbonyl (C=O) groups is 1. The van der Waals surface area contributed by atoms with Gasteiger partial charge in [-0.15, -0.1) is 0 Å². The van der Waals surface area contributed by atoms with Crippen LogP contribution in [0.4, 0.5) is 4.39 Å². The molecule has 0 radical (unpaired) electrons. The molecule has 0 atom stereocenters. The zero-order valence-electron chi connectivity index (χ0n) is 16.1. The fourth-order valence-corrected chi connectivity index (χ4v) is 3.32. The van der Waals surface area contributed by atoms with Crippen molar-refractivity contribution in [2.45, 2.75) is 0 Å². The number of rotatable bonds is 5. The predicted molar refractivity (Wildman–Crippen MR) is 120 cm³/mol. The Labute approximate surface area is 174 Å². The molecule has 146 valence electrons. The van der Waals surface area contributed by atoms with E-state index in [1.807, 2.05) is 54.6 Å². The lowest BCUT2D eigenvalue weighted by molar-refractivity contribution is 0.0696. The molecule has 4 aromatic rings. The molecule has 0 aromatic heterocycles. The third-order valence-electron chi connectivity index (χ3n) is 4.93. The van der Waals surface area contributed by atoms with E-state index < -0.39 is 5.97 Å². The molecule has 0 amide bonds. The highest BCUT2D eigenvalue weighted by molar-refractivity contribution is 5.94. The van der Waals surface area contributed by atoms with Gasteiger partial charge in [0.25, 0.3) is 0 Å². The lowest BCUT2D eigenvalue weighted by atomic mass is 9.98. The van der Waals surface area contributed by atoms with Gasteiger partial charge >= 0.3 is 5.97 Å². The predicted octanol–water partition coefficient (Wildman–Crippen LogP) is 7.03. The number of aromatic carboxylic acids is 1. The minimum atomic E-state index is -0.986. The highest BCUT2D eigenvalue weighted by atomic mass is 19.1. The normalized spacial score (nSPS) is 11.0. The second kappa shape index (κ2) is 8.58. The van der Waals surface area contributed by atoms with Crippen molar-refractivity contribution >= 4 is 18.1 Å². The summed E-state index contributed by atoms with van der Waals surface area (Å²) in [6, 6.07) is 29.5. The summed E-state index contributed by atoms with van der Waals surface area (Å²) >= 11 is 0. The highest BCUT2D eigenvalue weighted by Crippen LogP contribution is 2.25. The van der Waals surface area contributed by atoms with Gasteiger partial charge in [-0.2, -0.15) is 0 Å². The van der Waals surface area contributed by atoms with Crippen LogP contribution >= 0.6 is 0 Å². The molecule has 0 spiro atoms. The molecular formula is C27H19FO2. The van der Waals surface area contributed by atoms with Gasteiger partial charge in [0.15, 0.2) is 0 Å². The first-order valence-electron chi connectivity index (χ1n) is 9.57. The van der Waals surface area contributed by atoms with Crippen molar-refractivity contribution in [3.63, 3.8) is 0 Å². The Bertz CT molecular complexity index is 1190. The van der Waals surface area contributed by atoms with Crippen molar-refractivity contribution in [3.05, 3.63) is 120 Å². The summed E-state index contributed by atoms with van der Waals surface area (Å²) in [5, 5.41) is 9.54. The summed E-state index contributed by atoms with van der Waals surface area (Å²) in [4.78, 5) is 11.6. The maximum absolute atomic E-state index is 13.2. The minimum Gasteiger partial charge on any atom is -0.478 e. The van der Waals surface area contributed by atoms with E-state index in [1.165, 1.54) is 12.1 Å². The zero-order valence-corrected chi connectivity index (χ0v) is 16.1. The van der Waals surface area contributed by atoms with Crippen molar-refractivity contribution in [1.29, 1.82) is 0 Å². The van der Waals surface area contributed by atoms with E-state index in [-0.39, 0.29) is 11.4 Å². The molecule has 0 bridgehead atoms. The SMILES string of the molecule is O=C(O)c1ccc(-c2ccc(F)cc2)cc1C=Cc1ccc(-c2ccccc2)cc1. The van der Waals surface area contributed by atoms with Gasteiger partial charge in [0.1, 0.15) is 5.82 Å². The molecule has 1 N–H and O–H groups in total. The fraction of sp³-hybridized carbons (Fsp3) is 0. The number of hydrogen-bond acceptors (Lipinski definition) is 1. The van der Waals surface area contributed by atoms with Crippen LogP contribution in [0.25, 0.3) is 34.4 Å². The van der Waals surface area contributed by atoms with E-state index in [0.717, 1.165) is 27.8 Å². The summed E-state index contributed by atoms with van der Waals surface area (Å²) < 4.78 is 13.2. The molecule has 4 rings (SSSR count). The number of halogens is 1. The van der Waals surface area contributed by atoms with Crippen molar-refractivity contribution in [2.75, 3.05) is 0 Å². The van der Waals surface area contributed by atoms with Crippen LogP contribution in [0.15, 0.2) is 97.1 Å². The van der Waals surface area contributed by atoms with Crippen LogP contribution in [0.5, 0.6) is 0 Å². The topological polar surface area (TPSA) is 37.3 Å². The van der Waals surface area contributed by atoms with E-state index in [2.05, 4.69) is 12.1 Å². The Morgan fingerprint density at radius 1 is 0.667 bits per heavy atom. The monoisotopic (exact) mass is 394 g/mol. The molecule has 0 aliphatic heterocycles. The lowest BCUT2D eigenvalue weighted by Crippen LogP contribution is -1.99. The first-order valence-corrected chi connectivity index (χ1v) is 9.57. The van der Waals surface area contributed by atoms with Crippen LogP contribution in [0.3, 0.4) is 0 Å².